The second-order valence-electron chi connectivity index (χ2n) is 4.89. The minimum Gasteiger partial charge on any atom is -0.454 e. The number of hydrogen-bond donors (Lipinski definition) is 0. The smallest absolute Gasteiger partial charge is 0.330 e. The Morgan fingerprint density at radius 3 is 2.88 bits per heavy atom. The molecule has 1 aliphatic rings. The molecule has 0 fully saturated rings. The number of ether oxygens (including phenoxy) is 1. The van der Waals surface area contributed by atoms with Crippen molar-refractivity contribution < 1.29 is 9.53 Å². The van der Waals surface area contributed by atoms with Crippen molar-refractivity contribution in [2.24, 2.45) is 5.41 Å². The lowest BCUT2D eigenvalue weighted by atomic mass is 9.87. The number of rotatable bonds is 2. The van der Waals surface area contributed by atoms with Gasteiger partial charge in [0.25, 0.3) is 0 Å². The number of benzene rings is 1. The second-order valence-corrected chi connectivity index (χ2v) is 4.89. The van der Waals surface area contributed by atoms with Crippen molar-refractivity contribution in [3.8, 4) is 0 Å². The quantitative estimate of drug-likeness (QED) is 0.561. The molecule has 1 atom stereocenters. The normalized spacial score (nSPS) is 21.2. The number of carbonyl (C=O) groups is 1. The van der Waals surface area contributed by atoms with Gasteiger partial charge in [-0.2, -0.15) is 0 Å². The van der Waals surface area contributed by atoms with Crippen LogP contribution in [0.3, 0.4) is 0 Å². The van der Waals surface area contributed by atoms with Crippen LogP contribution < -0.4 is 0 Å². The van der Waals surface area contributed by atoms with E-state index in [1.165, 1.54) is 11.6 Å². The van der Waals surface area contributed by atoms with Gasteiger partial charge < -0.3 is 4.74 Å². The molecular formula is C14H16O2. The zero-order valence-electron chi connectivity index (χ0n) is 9.69. The first-order valence-corrected chi connectivity index (χ1v) is 5.45. The van der Waals surface area contributed by atoms with Gasteiger partial charge in [0.05, 0.1) is 0 Å². The average Bonchev–Trinajstić information content (AvgIpc) is 2.50. The fourth-order valence-electron chi connectivity index (χ4n) is 2.34. The number of carbonyl (C=O) groups excluding carboxylic acids is 1. The van der Waals surface area contributed by atoms with E-state index in [1.807, 2.05) is 18.2 Å². The molecule has 0 aliphatic heterocycles. The van der Waals surface area contributed by atoms with Crippen molar-refractivity contribution in [2.45, 2.75) is 26.4 Å². The highest BCUT2D eigenvalue weighted by molar-refractivity contribution is 5.81. The van der Waals surface area contributed by atoms with Gasteiger partial charge in [-0.1, -0.05) is 44.7 Å². The zero-order chi connectivity index (χ0) is 11.8. The summed E-state index contributed by atoms with van der Waals surface area (Å²) in [6.45, 7) is 7.67. The second kappa shape index (κ2) is 3.78. The maximum atomic E-state index is 11.3. The van der Waals surface area contributed by atoms with Crippen LogP contribution in [0.4, 0.5) is 0 Å². The number of fused-ring (bicyclic) bond motifs is 1. The van der Waals surface area contributed by atoms with E-state index in [-0.39, 0.29) is 17.5 Å². The minimum atomic E-state index is -0.352. The number of hydrogen-bond acceptors (Lipinski definition) is 2. The topological polar surface area (TPSA) is 26.3 Å². The molecule has 2 rings (SSSR count). The van der Waals surface area contributed by atoms with Crippen LogP contribution in [0.15, 0.2) is 36.9 Å². The van der Waals surface area contributed by atoms with Crippen LogP contribution >= 0.6 is 0 Å². The molecule has 0 saturated carbocycles. The molecule has 1 unspecified atom stereocenters. The van der Waals surface area contributed by atoms with E-state index in [2.05, 4.69) is 26.5 Å². The van der Waals surface area contributed by atoms with E-state index >= 15 is 0 Å². The van der Waals surface area contributed by atoms with Crippen molar-refractivity contribution in [3.05, 3.63) is 48.0 Å². The third-order valence-electron chi connectivity index (χ3n) is 3.09. The molecule has 16 heavy (non-hydrogen) atoms. The Kier molecular flexibility index (Phi) is 2.58. The average molecular weight is 216 g/mol. The molecule has 0 aromatic heterocycles. The SMILES string of the molecule is C=CC(=O)OC1c2ccccc2CC1(C)C. The van der Waals surface area contributed by atoms with E-state index in [0.717, 1.165) is 12.0 Å². The molecule has 0 bridgehead atoms. The van der Waals surface area contributed by atoms with Gasteiger partial charge in [-0.3, -0.25) is 0 Å². The van der Waals surface area contributed by atoms with Gasteiger partial charge in [-0.05, 0) is 17.5 Å². The summed E-state index contributed by atoms with van der Waals surface area (Å²) in [5.41, 5.74) is 2.36. The molecule has 0 saturated heterocycles. The molecule has 2 nitrogen and oxygen atoms in total. The molecular weight excluding hydrogens is 200 g/mol. The first-order chi connectivity index (χ1) is 7.54. The fourth-order valence-corrected chi connectivity index (χ4v) is 2.34. The number of esters is 1. The largest absolute Gasteiger partial charge is 0.454 e. The summed E-state index contributed by atoms with van der Waals surface area (Å²) >= 11 is 0. The molecule has 1 aromatic rings. The molecule has 84 valence electrons. The lowest BCUT2D eigenvalue weighted by molar-refractivity contribution is -0.148. The van der Waals surface area contributed by atoms with Crippen molar-refractivity contribution >= 4 is 5.97 Å². The zero-order valence-corrected chi connectivity index (χ0v) is 9.69. The summed E-state index contributed by atoms with van der Waals surface area (Å²) in [4.78, 5) is 11.3. The highest BCUT2D eigenvalue weighted by atomic mass is 16.5. The minimum absolute atomic E-state index is 0.0393. The van der Waals surface area contributed by atoms with Crippen molar-refractivity contribution in [3.63, 3.8) is 0 Å². The third-order valence-corrected chi connectivity index (χ3v) is 3.09. The molecule has 0 N–H and O–H groups in total. The summed E-state index contributed by atoms with van der Waals surface area (Å²) in [5, 5.41) is 0. The predicted octanol–water partition coefficient (Wildman–Crippen LogP) is 3.04. The lowest BCUT2D eigenvalue weighted by Gasteiger charge is -2.26. The summed E-state index contributed by atoms with van der Waals surface area (Å²) in [6.07, 6.45) is 2.00. The maximum absolute atomic E-state index is 11.3. The van der Waals surface area contributed by atoms with E-state index in [9.17, 15) is 4.79 Å². The Balaban J connectivity index is 2.35. The van der Waals surface area contributed by atoms with Gasteiger partial charge in [0, 0.05) is 11.5 Å². The summed E-state index contributed by atoms with van der Waals surface area (Å²) in [7, 11) is 0. The van der Waals surface area contributed by atoms with E-state index in [1.54, 1.807) is 0 Å². The molecule has 0 heterocycles. The Labute approximate surface area is 95.9 Å². The summed E-state index contributed by atoms with van der Waals surface area (Å²) in [6, 6.07) is 8.13. The van der Waals surface area contributed by atoms with E-state index in [0.29, 0.717) is 0 Å². The van der Waals surface area contributed by atoms with E-state index in [4.69, 9.17) is 4.74 Å². The van der Waals surface area contributed by atoms with Gasteiger partial charge in [0.15, 0.2) is 0 Å². The highest BCUT2D eigenvalue weighted by Gasteiger charge is 2.41. The monoisotopic (exact) mass is 216 g/mol. The Morgan fingerprint density at radius 1 is 1.50 bits per heavy atom. The Hall–Kier alpha value is -1.57. The van der Waals surface area contributed by atoms with E-state index < -0.39 is 0 Å². The standard InChI is InChI=1S/C14H16O2/c1-4-12(15)16-13-11-8-6-5-7-10(11)9-14(13,2)3/h4-8,13H,1,9H2,2-3H3. The van der Waals surface area contributed by atoms with Gasteiger partial charge in [-0.15, -0.1) is 0 Å². The van der Waals surface area contributed by atoms with Crippen LogP contribution in [0.1, 0.15) is 31.1 Å². The Bertz CT molecular complexity index is 432. The highest BCUT2D eigenvalue weighted by Crippen LogP contribution is 2.47. The van der Waals surface area contributed by atoms with Crippen LogP contribution in [0.2, 0.25) is 0 Å². The van der Waals surface area contributed by atoms with Crippen LogP contribution in [0.25, 0.3) is 0 Å². The Morgan fingerprint density at radius 2 is 2.19 bits per heavy atom. The van der Waals surface area contributed by atoms with Crippen molar-refractivity contribution in [1.82, 2.24) is 0 Å². The lowest BCUT2D eigenvalue weighted by Crippen LogP contribution is -2.22. The molecule has 0 radical (unpaired) electrons. The molecule has 2 heteroatoms. The van der Waals surface area contributed by atoms with Gasteiger partial charge in [0.1, 0.15) is 6.10 Å². The molecule has 0 spiro atoms. The first-order valence-electron chi connectivity index (χ1n) is 5.45. The molecule has 1 aliphatic carbocycles. The van der Waals surface area contributed by atoms with Crippen LogP contribution in [0, 0.1) is 5.41 Å². The van der Waals surface area contributed by atoms with Crippen LogP contribution in [0.5, 0.6) is 0 Å². The summed E-state index contributed by atoms with van der Waals surface area (Å²) < 4.78 is 5.45. The maximum Gasteiger partial charge on any atom is 0.330 e. The third kappa shape index (κ3) is 1.75. The van der Waals surface area contributed by atoms with Crippen molar-refractivity contribution in [2.75, 3.05) is 0 Å². The molecule has 1 aromatic carbocycles. The summed E-state index contributed by atoms with van der Waals surface area (Å²) in [5.74, 6) is -0.352. The first kappa shape index (κ1) is 10.9. The van der Waals surface area contributed by atoms with Gasteiger partial charge in [0.2, 0.25) is 0 Å². The fraction of sp³-hybridized carbons (Fsp3) is 0.357. The van der Waals surface area contributed by atoms with Crippen LogP contribution in [-0.4, -0.2) is 5.97 Å². The molecule has 0 amide bonds. The van der Waals surface area contributed by atoms with Crippen LogP contribution in [-0.2, 0) is 16.0 Å². The van der Waals surface area contributed by atoms with Gasteiger partial charge >= 0.3 is 5.97 Å². The van der Waals surface area contributed by atoms with Crippen molar-refractivity contribution in [1.29, 1.82) is 0 Å². The predicted molar refractivity (Wildman–Crippen MR) is 63.0 cm³/mol. The van der Waals surface area contributed by atoms with Gasteiger partial charge in [-0.25, -0.2) is 4.79 Å².